The van der Waals surface area contributed by atoms with E-state index in [4.69, 9.17) is 0 Å². The third-order valence-electron chi connectivity index (χ3n) is 4.89. The van der Waals surface area contributed by atoms with Crippen LogP contribution in [0, 0.1) is 5.92 Å². The Balaban J connectivity index is 1.51. The van der Waals surface area contributed by atoms with E-state index in [1.807, 2.05) is 35.4 Å². The number of rotatable bonds is 4. The van der Waals surface area contributed by atoms with Crippen molar-refractivity contribution in [3.05, 3.63) is 61.2 Å². The van der Waals surface area contributed by atoms with Crippen LogP contribution in [0.2, 0.25) is 0 Å². The summed E-state index contributed by atoms with van der Waals surface area (Å²) in [5.41, 5.74) is 1.06. The lowest BCUT2D eigenvalue weighted by Gasteiger charge is -2.37. The van der Waals surface area contributed by atoms with Gasteiger partial charge in [0.2, 0.25) is 0 Å². The highest BCUT2D eigenvalue weighted by atomic mass is 15.4. The van der Waals surface area contributed by atoms with Crippen LogP contribution in [0.4, 0.5) is 0 Å². The van der Waals surface area contributed by atoms with Gasteiger partial charge in [-0.2, -0.15) is 5.10 Å². The van der Waals surface area contributed by atoms with Gasteiger partial charge in [0.05, 0.1) is 18.6 Å². The van der Waals surface area contributed by atoms with Crippen molar-refractivity contribution in [2.24, 2.45) is 5.92 Å². The van der Waals surface area contributed by atoms with Gasteiger partial charge in [-0.05, 0) is 31.0 Å². The zero-order valence-corrected chi connectivity index (χ0v) is 13.9. The number of hydrogen-bond acceptors (Lipinski definition) is 4. The fraction of sp³-hybridized carbons (Fsp3) is 0.389. The molecule has 1 saturated heterocycles. The maximum atomic E-state index is 4.48. The van der Waals surface area contributed by atoms with Crippen molar-refractivity contribution in [1.82, 2.24) is 29.2 Å². The molecule has 6 heteroatoms. The van der Waals surface area contributed by atoms with Gasteiger partial charge in [0.25, 0.3) is 0 Å². The number of aromatic nitrogens is 5. The van der Waals surface area contributed by atoms with Crippen LogP contribution < -0.4 is 0 Å². The number of imidazole rings is 1. The second-order valence-electron chi connectivity index (χ2n) is 6.50. The van der Waals surface area contributed by atoms with Crippen LogP contribution in [0.5, 0.6) is 0 Å². The molecule has 4 rings (SSSR count). The maximum absolute atomic E-state index is 4.48. The van der Waals surface area contributed by atoms with Crippen LogP contribution in [0.15, 0.2) is 55.4 Å². The normalized spacial score (nSPS) is 21.9. The van der Waals surface area contributed by atoms with Crippen LogP contribution in [-0.2, 0) is 6.54 Å². The first-order valence-corrected chi connectivity index (χ1v) is 8.45. The standard InChI is InChI=1S/C18H22N6/c1-15-7-9-22(11-17(15)23-10-8-19-14-23)12-18-20-13-21-24(18)16-5-3-2-4-6-16/h2-6,8,10,13-15,17H,7,9,11-12H2,1H3/t15-,17-/m1/s1. The molecule has 1 fully saturated rings. The maximum Gasteiger partial charge on any atom is 0.146 e. The Morgan fingerprint density at radius 1 is 1.21 bits per heavy atom. The van der Waals surface area contributed by atoms with Gasteiger partial charge in [-0.15, -0.1) is 0 Å². The molecule has 0 aliphatic carbocycles. The van der Waals surface area contributed by atoms with E-state index in [9.17, 15) is 0 Å². The summed E-state index contributed by atoms with van der Waals surface area (Å²) in [5.74, 6) is 1.64. The molecule has 3 aromatic rings. The second kappa shape index (κ2) is 6.57. The molecule has 1 aliphatic rings. The van der Waals surface area contributed by atoms with E-state index in [-0.39, 0.29) is 0 Å². The van der Waals surface area contributed by atoms with E-state index < -0.39 is 0 Å². The van der Waals surface area contributed by atoms with Gasteiger partial charge in [0, 0.05) is 25.0 Å². The number of benzene rings is 1. The zero-order valence-electron chi connectivity index (χ0n) is 13.9. The van der Waals surface area contributed by atoms with Crippen molar-refractivity contribution < 1.29 is 0 Å². The predicted molar refractivity (Wildman–Crippen MR) is 91.7 cm³/mol. The number of para-hydroxylation sites is 1. The van der Waals surface area contributed by atoms with Gasteiger partial charge in [0.1, 0.15) is 12.2 Å². The number of likely N-dealkylation sites (tertiary alicyclic amines) is 1. The quantitative estimate of drug-likeness (QED) is 0.741. The fourth-order valence-electron chi connectivity index (χ4n) is 3.47. The molecule has 0 radical (unpaired) electrons. The highest BCUT2D eigenvalue weighted by Gasteiger charge is 2.28. The monoisotopic (exact) mass is 322 g/mol. The first-order chi connectivity index (χ1) is 11.8. The van der Waals surface area contributed by atoms with Crippen LogP contribution in [0.3, 0.4) is 0 Å². The molecule has 1 aromatic carbocycles. The number of piperidine rings is 1. The molecule has 124 valence electrons. The Kier molecular flexibility index (Phi) is 4.13. The van der Waals surface area contributed by atoms with Crippen molar-refractivity contribution in [2.75, 3.05) is 13.1 Å². The van der Waals surface area contributed by atoms with Gasteiger partial charge in [0.15, 0.2) is 0 Å². The molecule has 3 heterocycles. The Hall–Kier alpha value is -2.47. The molecule has 0 bridgehead atoms. The lowest BCUT2D eigenvalue weighted by molar-refractivity contribution is 0.123. The van der Waals surface area contributed by atoms with Crippen molar-refractivity contribution in [3.63, 3.8) is 0 Å². The Morgan fingerprint density at radius 3 is 2.88 bits per heavy atom. The molecule has 0 unspecified atom stereocenters. The van der Waals surface area contributed by atoms with Gasteiger partial charge < -0.3 is 4.57 Å². The van der Waals surface area contributed by atoms with Crippen LogP contribution in [-0.4, -0.2) is 42.3 Å². The summed E-state index contributed by atoms with van der Waals surface area (Å²) in [5, 5.41) is 4.40. The minimum Gasteiger partial charge on any atom is -0.333 e. The van der Waals surface area contributed by atoms with E-state index in [2.05, 4.69) is 49.8 Å². The summed E-state index contributed by atoms with van der Waals surface area (Å²) in [6.07, 6.45) is 8.68. The molecule has 24 heavy (non-hydrogen) atoms. The van der Waals surface area contributed by atoms with E-state index in [0.717, 1.165) is 31.1 Å². The number of nitrogens with zero attached hydrogens (tertiary/aromatic N) is 6. The van der Waals surface area contributed by atoms with Crippen LogP contribution in [0.1, 0.15) is 25.2 Å². The summed E-state index contributed by atoms with van der Waals surface area (Å²) in [7, 11) is 0. The van der Waals surface area contributed by atoms with E-state index >= 15 is 0 Å². The summed E-state index contributed by atoms with van der Waals surface area (Å²) in [6.45, 7) is 5.24. The van der Waals surface area contributed by atoms with E-state index in [0.29, 0.717) is 12.0 Å². The van der Waals surface area contributed by atoms with E-state index in [1.54, 1.807) is 6.33 Å². The SMILES string of the molecule is C[C@@H]1CCN(Cc2ncnn2-c2ccccc2)C[C@H]1n1ccnc1. The molecule has 0 spiro atoms. The summed E-state index contributed by atoms with van der Waals surface area (Å²) >= 11 is 0. The molecule has 0 N–H and O–H groups in total. The molecule has 6 nitrogen and oxygen atoms in total. The molecular weight excluding hydrogens is 300 g/mol. The van der Waals surface area contributed by atoms with Crippen LogP contribution in [0.25, 0.3) is 5.69 Å². The summed E-state index contributed by atoms with van der Waals surface area (Å²) in [6, 6.07) is 10.7. The van der Waals surface area contributed by atoms with Crippen molar-refractivity contribution >= 4 is 0 Å². The Morgan fingerprint density at radius 2 is 2.08 bits per heavy atom. The topological polar surface area (TPSA) is 51.8 Å². The smallest absolute Gasteiger partial charge is 0.146 e. The molecule has 2 aromatic heterocycles. The average molecular weight is 322 g/mol. The third-order valence-corrected chi connectivity index (χ3v) is 4.89. The lowest BCUT2D eigenvalue weighted by atomic mass is 9.93. The van der Waals surface area contributed by atoms with Crippen molar-refractivity contribution in [2.45, 2.75) is 25.9 Å². The predicted octanol–water partition coefficient (Wildman–Crippen LogP) is 2.55. The van der Waals surface area contributed by atoms with Gasteiger partial charge in [-0.25, -0.2) is 14.6 Å². The fourth-order valence-corrected chi connectivity index (χ4v) is 3.47. The van der Waals surface area contributed by atoms with Gasteiger partial charge >= 0.3 is 0 Å². The summed E-state index contributed by atoms with van der Waals surface area (Å²) in [4.78, 5) is 11.2. The first-order valence-electron chi connectivity index (χ1n) is 8.45. The van der Waals surface area contributed by atoms with Gasteiger partial charge in [-0.1, -0.05) is 25.1 Å². The highest BCUT2D eigenvalue weighted by Crippen LogP contribution is 2.28. The minimum absolute atomic E-state index is 0.467. The van der Waals surface area contributed by atoms with Crippen LogP contribution >= 0.6 is 0 Å². The third kappa shape index (κ3) is 2.97. The molecule has 0 amide bonds. The first kappa shape index (κ1) is 15.1. The molecule has 0 saturated carbocycles. The number of hydrogen-bond donors (Lipinski definition) is 0. The van der Waals surface area contributed by atoms with Crippen molar-refractivity contribution in [1.29, 1.82) is 0 Å². The second-order valence-corrected chi connectivity index (χ2v) is 6.50. The largest absolute Gasteiger partial charge is 0.333 e. The average Bonchev–Trinajstić information content (AvgIpc) is 3.29. The van der Waals surface area contributed by atoms with E-state index in [1.165, 1.54) is 6.42 Å². The zero-order chi connectivity index (χ0) is 16.4. The molecule has 2 atom stereocenters. The van der Waals surface area contributed by atoms with Crippen molar-refractivity contribution in [3.8, 4) is 5.69 Å². The molecule has 1 aliphatic heterocycles. The minimum atomic E-state index is 0.467. The highest BCUT2D eigenvalue weighted by molar-refractivity contribution is 5.30. The molecular formula is C18H22N6. The Bertz CT molecular complexity index is 764. The Labute approximate surface area is 141 Å². The summed E-state index contributed by atoms with van der Waals surface area (Å²) < 4.78 is 4.17. The van der Waals surface area contributed by atoms with Gasteiger partial charge in [-0.3, -0.25) is 4.90 Å². The lowest BCUT2D eigenvalue weighted by Crippen LogP contribution is -2.40.